The zero-order valence-corrected chi connectivity index (χ0v) is 12.4. The van der Waals surface area contributed by atoms with E-state index in [1.54, 1.807) is 0 Å². The van der Waals surface area contributed by atoms with E-state index in [9.17, 15) is 0 Å². The summed E-state index contributed by atoms with van der Waals surface area (Å²) in [4.78, 5) is 0. The number of hydrogen-bond donors (Lipinski definition) is 1. The summed E-state index contributed by atoms with van der Waals surface area (Å²) in [5, 5.41) is 12.3. The molecule has 0 spiro atoms. The van der Waals surface area contributed by atoms with Crippen LogP contribution < -0.4 is 5.32 Å². The summed E-state index contributed by atoms with van der Waals surface area (Å²) in [6.07, 6.45) is 3.80. The van der Waals surface area contributed by atoms with Crippen LogP contribution in [0.5, 0.6) is 0 Å². The molecule has 1 N–H and O–H groups in total. The molecule has 2 heterocycles. The van der Waals surface area contributed by atoms with E-state index in [2.05, 4.69) is 43.2 Å². The Labute approximate surface area is 114 Å². The van der Waals surface area contributed by atoms with Gasteiger partial charge in [-0.25, -0.2) is 0 Å². The van der Waals surface area contributed by atoms with E-state index < -0.39 is 0 Å². The highest BCUT2D eigenvalue weighted by Crippen LogP contribution is 2.21. The number of aromatic nitrogens is 4. The van der Waals surface area contributed by atoms with Crippen molar-refractivity contribution in [3.05, 3.63) is 35.4 Å². The Morgan fingerprint density at radius 2 is 2.05 bits per heavy atom. The van der Waals surface area contributed by atoms with Crippen LogP contribution in [0.2, 0.25) is 0 Å². The molecule has 2 rings (SSSR count). The highest BCUT2D eigenvalue weighted by atomic mass is 15.3. The van der Waals surface area contributed by atoms with E-state index in [1.807, 2.05) is 34.9 Å². The van der Waals surface area contributed by atoms with Gasteiger partial charge in [0.25, 0.3) is 0 Å². The lowest BCUT2D eigenvalue weighted by Crippen LogP contribution is -2.33. The fraction of sp³-hybridized carbons (Fsp3) is 0.571. The topological polar surface area (TPSA) is 47.7 Å². The number of hydrogen-bond acceptors (Lipinski definition) is 3. The molecule has 104 valence electrons. The molecule has 2 unspecified atom stereocenters. The third-order valence-corrected chi connectivity index (χ3v) is 3.55. The molecule has 0 radical (unpaired) electrons. The maximum absolute atomic E-state index is 4.47. The second-order valence-corrected chi connectivity index (χ2v) is 5.23. The van der Waals surface area contributed by atoms with Gasteiger partial charge in [0.05, 0.1) is 12.2 Å². The van der Waals surface area contributed by atoms with Crippen molar-refractivity contribution in [2.24, 2.45) is 7.05 Å². The molecule has 0 saturated heterocycles. The third-order valence-electron chi connectivity index (χ3n) is 3.55. The Morgan fingerprint density at radius 3 is 2.58 bits per heavy atom. The van der Waals surface area contributed by atoms with Gasteiger partial charge in [0, 0.05) is 42.8 Å². The van der Waals surface area contributed by atoms with Crippen molar-refractivity contribution < 1.29 is 0 Å². The van der Waals surface area contributed by atoms with Gasteiger partial charge in [0.2, 0.25) is 0 Å². The Hall–Kier alpha value is -1.62. The minimum absolute atomic E-state index is 0.291. The molecule has 0 aliphatic carbocycles. The van der Waals surface area contributed by atoms with Crippen LogP contribution >= 0.6 is 0 Å². The van der Waals surface area contributed by atoms with E-state index in [0.29, 0.717) is 12.1 Å². The van der Waals surface area contributed by atoms with Gasteiger partial charge in [-0.3, -0.25) is 9.36 Å². The van der Waals surface area contributed by atoms with Gasteiger partial charge in [0.15, 0.2) is 0 Å². The van der Waals surface area contributed by atoms with E-state index in [4.69, 9.17) is 0 Å². The molecule has 2 aromatic rings. The standard InChI is InChI=1S/C14H23N5/c1-10(9-19-8-6-7-15-19)16-11(2)14-12(3)17-18(5)13(14)4/h6-8,10-11,16H,9H2,1-5H3. The molecule has 2 aromatic heterocycles. The van der Waals surface area contributed by atoms with Gasteiger partial charge in [-0.1, -0.05) is 0 Å². The Kier molecular flexibility index (Phi) is 4.04. The van der Waals surface area contributed by atoms with Crippen molar-refractivity contribution in [3.8, 4) is 0 Å². The fourth-order valence-corrected chi connectivity index (χ4v) is 2.67. The first-order valence-electron chi connectivity index (χ1n) is 6.72. The predicted octanol–water partition coefficient (Wildman–Crippen LogP) is 1.97. The second kappa shape index (κ2) is 5.57. The maximum atomic E-state index is 4.47. The molecule has 0 aromatic carbocycles. The van der Waals surface area contributed by atoms with Crippen molar-refractivity contribution in [1.82, 2.24) is 24.9 Å². The predicted molar refractivity (Wildman–Crippen MR) is 75.9 cm³/mol. The van der Waals surface area contributed by atoms with Crippen molar-refractivity contribution in [2.45, 2.75) is 46.3 Å². The Bertz CT molecular complexity index is 526. The maximum Gasteiger partial charge on any atom is 0.0644 e. The minimum Gasteiger partial charge on any atom is -0.306 e. The molecule has 0 aliphatic heterocycles. The molecule has 0 fully saturated rings. The quantitative estimate of drug-likeness (QED) is 0.895. The van der Waals surface area contributed by atoms with E-state index in [1.165, 1.54) is 11.3 Å². The molecule has 19 heavy (non-hydrogen) atoms. The summed E-state index contributed by atoms with van der Waals surface area (Å²) in [5.74, 6) is 0. The molecule has 0 bridgehead atoms. The number of nitrogens with one attached hydrogen (secondary N) is 1. The largest absolute Gasteiger partial charge is 0.306 e. The van der Waals surface area contributed by atoms with Gasteiger partial charge in [-0.15, -0.1) is 0 Å². The number of nitrogens with zero attached hydrogens (tertiary/aromatic N) is 4. The second-order valence-electron chi connectivity index (χ2n) is 5.23. The van der Waals surface area contributed by atoms with Gasteiger partial charge >= 0.3 is 0 Å². The van der Waals surface area contributed by atoms with Crippen LogP contribution in [0.15, 0.2) is 18.5 Å². The lowest BCUT2D eigenvalue weighted by Gasteiger charge is -2.20. The smallest absolute Gasteiger partial charge is 0.0644 e. The van der Waals surface area contributed by atoms with E-state index in [0.717, 1.165) is 12.2 Å². The molecule has 5 nitrogen and oxygen atoms in total. The molecule has 0 aliphatic rings. The first-order chi connectivity index (χ1) is 8.99. The third kappa shape index (κ3) is 3.04. The zero-order chi connectivity index (χ0) is 14.0. The summed E-state index contributed by atoms with van der Waals surface area (Å²) in [7, 11) is 1.99. The van der Waals surface area contributed by atoms with E-state index in [-0.39, 0.29) is 0 Å². The van der Waals surface area contributed by atoms with Gasteiger partial charge in [-0.2, -0.15) is 10.2 Å². The molecule has 2 atom stereocenters. The number of aryl methyl sites for hydroxylation is 2. The first-order valence-corrected chi connectivity index (χ1v) is 6.72. The molecule has 0 amide bonds. The monoisotopic (exact) mass is 261 g/mol. The first kappa shape index (κ1) is 13.8. The van der Waals surface area contributed by atoms with E-state index >= 15 is 0 Å². The highest BCUT2D eigenvalue weighted by molar-refractivity contribution is 5.27. The zero-order valence-electron chi connectivity index (χ0n) is 12.4. The van der Waals surface area contributed by atoms with Crippen molar-refractivity contribution in [2.75, 3.05) is 0 Å². The van der Waals surface area contributed by atoms with Crippen molar-refractivity contribution in [3.63, 3.8) is 0 Å². The Morgan fingerprint density at radius 1 is 1.32 bits per heavy atom. The average molecular weight is 261 g/mol. The SMILES string of the molecule is Cc1nn(C)c(C)c1C(C)NC(C)Cn1cccn1. The van der Waals surface area contributed by atoms with Crippen molar-refractivity contribution in [1.29, 1.82) is 0 Å². The molecular weight excluding hydrogens is 238 g/mol. The van der Waals surface area contributed by atoms with Crippen LogP contribution in [0.3, 0.4) is 0 Å². The summed E-state index contributed by atoms with van der Waals surface area (Å²) >= 11 is 0. The normalized spacial score (nSPS) is 14.6. The van der Waals surface area contributed by atoms with Crippen LogP contribution in [0, 0.1) is 13.8 Å². The van der Waals surface area contributed by atoms with Gasteiger partial charge in [-0.05, 0) is 33.8 Å². The average Bonchev–Trinajstić information content (AvgIpc) is 2.88. The number of rotatable bonds is 5. The highest BCUT2D eigenvalue weighted by Gasteiger charge is 2.17. The fourth-order valence-electron chi connectivity index (χ4n) is 2.67. The van der Waals surface area contributed by atoms with Gasteiger partial charge in [0.1, 0.15) is 0 Å². The summed E-state index contributed by atoms with van der Waals surface area (Å²) in [6.45, 7) is 9.43. The van der Waals surface area contributed by atoms with Crippen LogP contribution in [-0.2, 0) is 13.6 Å². The molecular formula is C14H23N5. The lowest BCUT2D eigenvalue weighted by atomic mass is 10.1. The summed E-state index contributed by atoms with van der Waals surface area (Å²) < 4.78 is 3.90. The lowest BCUT2D eigenvalue weighted by molar-refractivity contribution is 0.411. The van der Waals surface area contributed by atoms with Crippen LogP contribution in [-0.4, -0.2) is 25.6 Å². The van der Waals surface area contributed by atoms with Crippen molar-refractivity contribution >= 4 is 0 Å². The summed E-state index contributed by atoms with van der Waals surface area (Å²) in [5.41, 5.74) is 3.63. The molecule has 5 heteroatoms. The Balaban J connectivity index is 2.02. The minimum atomic E-state index is 0.291. The molecule has 0 saturated carbocycles. The van der Waals surface area contributed by atoms with Gasteiger partial charge < -0.3 is 5.32 Å². The van der Waals surface area contributed by atoms with Crippen LogP contribution in [0.1, 0.15) is 36.8 Å². The van der Waals surface area contributed by atoms with Crippen LogP contribution in [0.4, 0.5) is 0 Å². The summed E-state index contributed by atoms with van der Waals surface area (Å²) in [6, 6.07) is 2.60. The van der Waals surface area contributed by atoms with Crippen LogP contribution in [0.25, 0.3) is 0 Å².